The fourth-order valence-electron chi connectivity index (χ4n) is 3.02. The molecule has 0 saturated carbocycles. The van der Waals surface area contributed by atoms with Crippen molar-refractivity contribution >= 4 is 35.6 Å². The predicted molar refractivity (Wildman–Crippen MR) is 88.6 cm³/mol. The van der Waals surface area contributed by atoms with E-state index in [1.54, 1.807) is 12.1 Å². The van der Waals surface area contributed by atoms with Gasteiger partial charge in [-0.3, -0.25) is 4.79 Å². The van der Waals surface area contributed by atoms with E-state index >= 15 is 0 Å². The lowest BCUT2D eigenvalue weighted by atomic mass is 9.62. The zero-order valence-corrected chi connectivity index (χ0v) is 13.0. The first-order chi connectivity index (χ1) is 9.95. The van der Waals surface area contributed by atoms with Gasteiger partial charge in [-0.15, -0.1) is 0 Å². The predicted octanol–water partition coefficient (Wildman–Crippen LogP) is 2.82. The molecule has 3 nitrogen and oxygen atoms in total. The van der Waals surface area contributed by atoms with Gasteiger partial charge in [0.1, 0.15) is 0 Å². The van der Waals surface area contributed by atoms with Crippen molar-refractivity contribution in [3.05, 3.63) is 57.6 Å². The molecule has 1 amide bonds. The van der Waals surface area contributed by atoms with E-state index < -0.39 is 0 Å². The molecule has 2 aromatic rings. The number of hydrogen-bond acceptors (Lipinski definition) is 2. The summed E-state index contributed by atoms with van der Waals surface area (Å²) in [7, 11) is 0. The molecule has 0 radical (unpaired) electrons. The summed E-state index contributed by atoms with van der Waals surface area (Å²) in [4.78, 5) is 12.3. The Morgan fingerprint density at radius 1 is 1.00 bits per heavy atom. The molecule has 2 N–H and O–H groups in total. The van der Waals surface area contributed by atoms with Gasteiger partial charge in [-0.1, -0.05) is 40.4 Å². The lowest BCUT2D eigenvalue weighted by molar-refractivity contribution is 0.0979. The van der Waals surface area contributed by atoms with Gasteiger partial charge in [-0.25, -0.2) is 0 Å². The van der Waals surface area contributed by atoms with Gasteiger partial charge >= 0.3 is 6.98 Å². The summed E-state index contributed by atoms with van der Waals surface area (Å²) >= 11 is 5.96. The number of amides is 1. The Labute approximate surface area is 129 Å². The van der Waals surface area contributed by atoms with Gasteiger partial charge in [0.05, 0.1) is 5.56 Å². The van der Waals surface area contributed by atoms with Crippen LogP contribution in [0, 0.1) is 20.8 Å². The number of benzene rings is 2. The fourth-order valence-corrected chi connectivity index (χ4v) is 3.19. The monoisotopic (exact) mass is 298 g/mol. The molecule has 0 atom stereocenters. The minimum Gasteiger partial charge on any atom is -0.405 e. The number of rotatable bonds is 1. The van der Waals surface area contributed by atoms with Crippen LogP contribution in [0.25, 0.3) is 0 Å². The van der Waals surface area contributed by atoms with E-state index in [1.165, 1.54) is 16.7 Å². The molecule has 0 spiro atoms. The van der Waals surface area contributed by atoms with Crippen molar-refractivity contribution in [3.8, 4) is 0 Å². The summed E-state index contributed by atoms with van der Waals surface area (Å²) in [5, 5.41) is 6.95. The van der Waals surface area contributed by atoms with Gasteiger partial charge in [0.2, 0.25) is 5.91 Å². The van der Waals surface area contributed by atoms with Gasteiger partial charge in [-0.2, -0.15) is 0 Å². The van der Waals surface area contributed by atoms with Gasteiger partial charge < -0.3 is 10.5 Å². The van der Waals surface area contributed by atoms with Crippen molar-refractivity contribution in [1.29, 1.82) is 0 Å². The SMILES string of the molecule is Cc1cc(C)c(B2NC(=O)c3cc(Cl)ccc3N2)c(C)c1. The first-order valence-corrected chi connectivity index (χ1v) is 7.28. The smallest absolute Gasteiger partial charge is 0.405 e. The van der Waals surface area contributed by atoms with Gasteiger partial charge in [0, 0.05) is 10.7 Å². The van der Waals surface area contributed by atoms with Crippen LogP contribution in [-0.4, -0.2) is 12.9 Å². The number of fused-ring (bicyclic) bond motifs is 1. The molecule has 21 heavy (non-hydrogen) atoms. The molecule has 1 heterocycles. The molecule has 106 valence electrons. The highest BCUT2D eigenvalue weighted by molar-refractivity contribution is 6.78. The average Bonchev–Trinajstić information content (AvgIpc) is 2.38. The zero-order chi connectivity index (χ0) is 15.1. The van der Waals surface area contributed by atoms with Crippen LogP contribution in [0.15, 0.2) is 30.3 Å². The highest BCUT2D eigenvalue weighted by Gasteiger charge is 2.31. The number of nitrogens with one attached hydrogen (secondary N) is 2. The first kappa shape index (κ1) is 14.0. The van der Waals surface area contributed by atoms with E-state index in [9.17, 15) is 4.79 Å². The van der Waals surface area contributed by atoms with Crippen molar-refractivity contribution < 1.29 is 4.79 Å². The molecule has 3 rings (SSSR count). The Morgan fingerprint density at radius 2 is 1.67 bits per heavy atom. The van der Waals surface area contributed by atoms with Crippen LogP contribution in [0.4, 0.5) is 5.69 Å². The van der Waals surface area contributed by atoms with Crippen molar-refractivity contribution in [1.82, 2.24) is 5.23 Å². The third kappa shape index (κ3) is 2.51. The van der Waals surface area contributed by atoms with Crippen molar-refractivity contribution in [2.24, 2.45) is 0 Å². The first-order valence-electron chi connectivity index (χ1n) is 6.90. The van der Waals surface area contributed by atoms with Gasteiger partial charge in [0.15, 0.2) is 0 Å². The quantitative estimate of drug-likeness (QED) is 0.795. The standard InChI is InChI=1S/C16H16BClN2O/c1-9-6-10(2)15(11(3)7-9)17-19-14-5-4-12(18)8-13(14)16(21)20-17/h4-8,19H,1-3H3,(H,20,21). The van der Waals surface area contributed by atoms with E-state index in [4.69, 9.17) is 11.6 Å². The third-order valence-electron chi connectivity index (χ3n) is 3.83. The van der Waals surface area contributed by atoms with Crippen molar-refractivity contribution in [2.45, 2.75) is 20.8 Å². The molecule has 2 aromatic carbocycles. The summed E-state index contributed by atoms with van der Waals surface area (Å²) in [6.45, 7) is 6.00. The average molecular weight is 299 g/mol. The normalized spacial score (nSPS) is 13.5. The summed E-state index contributed by atoms with van der Waals surface area (Å²) in [6.07, 6.45) is 0. The summed E-state index contributed by atoms with van der Waals surface area (Å²) in [5.74, 6) is -0.101. The Kier molecular flexibility index (Phi) is 3.42. The maximum absolute atomic E-state index is 12.3. The molecular formula is C16H16BClN2O. The molecule has 0 fully saturated rings. The van der Waals surface area contributed by atoms with Crippen molar-refractivity contribution in [2.75, 3.05) is 5.23 Å². The fraction of sp³-hybridized carbons (Fsp3) is 0.188. The molecule has 5 heteroatoms. The second kappa shape index (κ2) is 5.12. The highest BCUT2D eigenvalue weighted by Crippen LogP contribution is 2.23. The largest absolute Gasteiger partial charge is 0.409 e. The van der Waals surface area contributed by atoms with E-state index in [2.05, 4.69) is 43.4 Å². The third-order valence-corrected chi connectivity index (χ3v) is 4.06. The Morgan fingerprint density at radius 3 is 2.33 bits per heavy atom. The zero-order valence-electron chi connectivity index (χ0n) is 12.3. The van der Waals surface area contributed by atoms with Gasteiger partial charge in [0.25, 0.3) is 0 Å². The molecule has 0 saturated heterocycles. The topological polar surface area (TPSA) is 41.1 Å². The van der Waals surface area contributed by atoms with Crippen LogP contribution in [-0.2, 0) is 0 Å². The van der Waals surface area contributed by atoms with Crippen LogP contribution < -0.4 is 15.9 Å². The van der Waals surface area contributed by atoms with Crippen LogP contribution >= 0.6 is 11.6 Å². The molecule has 0 aromatic heterocycles. The number of carbonyl (C=O) groups excluding carboxylic acids is 1. The van der Waals surface area contributed by atoms with Crippen LogP contribution in [0.1, 0.15) is 27.0 Å². The maximum Gasteiger partial charge on any atom is 0.409 e. The summed E-state index contributed by atoms with van der Waals surface area (Å²) < 4.78 is 0. The molecule has 0 aliphatic carbocycles. The van der Waals surface area contributed by atoms with E-state index in [-0.39, 0.29) is 12.9 Å². The Bertz CT molecular complexity index is 722. The number of aryl methyl sites for hydroxylation is 3. The lowest BCUT2D eigenvalue weighted by Crippen LogP contribution is -2.58. The van der Waals surface area contributed by atoms with Crippen LogP contribution in [0.5, 0.6) is 0 Å². The molecule has 1 aliphatic heterocycles. The summed E-state index contributed by atoms with van der Waals surface area (Å²) in [5.41, 5.74) is 6.08. The second-order valence-electron chi connectivity index (χ2n) is 5.55. The maximum atomic E-state index is 12.3. The molecule has 0 unspecified atom stereocenters. The van der Waals surface area contributed by atoms with E-state index in [1.807, 2.05) is 6.07 Å². The van der Waals surface area contributed by atoms with E-state index in [0.717, 1.165) is 11.2 Å². The second-order valence-corrected chi connectivity index (χ2v) is 5.99. The summed E-state index contributed by atoms with van der Waals surface area (Å²) in [6, 6.07) is 9.59. The number of hydrogen-bond donors (Lipinski definition) is 2. The number of halogens is 1. The molecule has 0 bridgehead atoms. The van der Waals surface area contributed by atoms with Crippen LogP contribution in [0.2, 0.25) is 5.02 Å². The Balaban J connectivity index is 2.04. The minimum atomic E-state index is -0.216. The highest BCUT2D eigenvalue weighted by atomic mass is 35.5. The number of anilines is 1. The number of carbonyl (C=O) groups is 1. The lowest BCUT2D eigenvalue weighted by Gasteiger charge is -2.27. The van der Waals surface area contributed by atoms with Crippen molar-refractivity contribution in [3.63, 3.8) is 0 Å². The van der Waals surface area contributed by atoms with Crippen LogP contribution in [0.3, 0.4) is 0 Å². The molecule has 1 aliphatic rings. The van der Waals surface area contributed by atoms with Gasteiger partial charge in [-0.05, 0) is 44.4 Å². The molecular weight excluding hydrogens is 282 g/mol. The van der Waals surface area contributed by atoms with E-state index in [0.29, 0.717) is 10.6 Å². The Hall–Kier alpha value is -1.94. The minimum absolute atomic E-state index is 0.101.